The summed E-state index contributed by atoms with van der Waals surface area (Å²) in [5, 5.41) is 10.6. The van der Waals surface area contributed by atoms with Gasteiger partial charge in [-0.3, -0.25) is 9.59 Å². The van der Waals surface area contributed by atoms with Gasteiger partial charge in [0.05, 0.1) is 23.8 Å². The van der Waals surface area contributed by atoms with Gasteiger partial charge in [-0.1, -0.05) is 37.5 Å². The minimum absolute atomic E-state index is 0.0367. The first-order chi connectivity index (χ1) is 25.1. The molecule has 2 aliphatic carbocycles. The summed E-state index contributed by atoms with van der Waals surface area (Å²) in [6.45, 7) is 2.25. The average molecular weight is 718 g/mol. The van der Waals surface area contributed by atoms with Crippen LogP contribution in [0.4, 0.5) is 0 Å². The number of benzene rings is 3. The number of amides is 2. The second-order valence-corrected chi connectivity index (χ2v) is 17.3. The summed E-state index contributed by atoms with van der Waals surface area (Å²) in [5.74, 6) is 0.590. The van der Waals surface area contributed by atoms with Crippen LogP contribution in [0.25, 0.3) is 22.2 Å². The molecule has 1 aromatic heterocycles. The van der Waals surface area contributed by atoms with Crippen molar-refractivity contribution >= 4 is 32.7 Å². The van der Waals surface area contributed by atoms with Crippen LogP contribution in [0, 0.1) is 16.7 Å². The van der Waals surface area contributed by atoms with Crippen molar-refractivity contribution < 1.29 is 22.7 Å². The Morgan fingerprint density at radius 1 is 0.962 bits per heavy atom. The van der Waals surface area contributed by atoms with Crippen molar-refractivity contribution in [2.45, 2.75) is 86.7 Å². The SMILES string of the molecule is COc1ccc2c(c1)C1CC1(C(=O)N1C3CCC1CN(C)C3)Cn1c-2c(C2CCCCC2)c2ccc(C(=O)NS(=O)(=O)c3ccccc3C#N)cc21. The molecule has 0 radical (unpaired) electrons. The van der Waals surface area contributed by atoms with E-state index in [-0.39, 0.29) is 39.9 Å². The van der Waals surface area contributed by atoms with Crippen LogP contribution >= 0.6 is 0 Å². The van der Waals surface area contributed by atoms with E-state index in [1.807, 2.05) is 18.2 Å². The molecule has 2 saturated carbocycles. The van der Waals surface area contributed by atoms with Crippen LogP contribution in [-0.2, 0) is 21.4 Å². The number of rotatable bonds is 6. The van der Waals surface area contributed by atoms with Gasteiger partial charge >= 0.3 is 0 Å². The summed E-state index contributed by atoms with van der Waals surface area (Å²) < 4.78 is 37.0. The van der Waals surface area contributed by atoms with Crippen LogP contribution < -0.4 is 9.46 Å². The first-order valence-corrected chi connectivity index (χ1v) is 20.0. The number of methoxy groups -OCH3 is 1. The monoisotopic (exact) mass is 717 g/mol. The number of likely N-dealkylation sites (tertiary alicyclic amines) is 1. The van der Waals surface area contributed by atoms with E-state index in [0.717, 1.165) is 91.5 Å². The maximum Gasteiger partial charge on any atom is 0.265 e. The van der Waals surface area contributed by atoms with Crippen LogP contribution in [-0.4, -0.2) is 73.9 Å². The molecule has 11 heteroatoms. The van der Waals surface area contributed by atoms with Crippen LogP contribution in [0.2, 0.25) is 0 Å². The zero-order valence-electron chi connectivity index (χ0n) is 29.6. The predicted molar refractivity (Wildman–Crippen MR) is 197 cm³/mol. The molecule has 4 atom stereocenters. The Hall–Kier alpha value is -4.66. The van der Waals surface area contributed by atoms with Crippen molar-refractivity contribution in [3.05, 3.63) is 82.9 Å². The number of nitrogens with one attached hydrogen (secondary N) is 1. The molecule has 3 aromatic carbocycles. The molecule has 268 valence electrons. The number of carbonyl (C=O) groups is 2. The fourth-order valence-corrected chi connectivity index (χ4v) is 11.3. The van der Waals surface area contributed by atoms with Crippen LogP contribution in [0.3, 0.4) is 0 Å². The van der Waals surface area contributed by atoms with Crippen molar-refractivity contribution in [2.75, 3.05) is 27.2 Å². The van der Waals surface area contributed by atoms with Crippen molar-refractivity contribution in [3.63, 3.8) is 0 Å². The number of likely N-dealkylation sites (N-methyl/N-ethyl adjacent to an activating group) is 1. The van der Waals surface area contributed by atoms with Crippen molar-refractivity contribution in [2.24, 2.45) is 5.41 Å². The van der Waals surface area contributed by atoms with Gasteiger partial charge in [0, 0.05) is 59.7 Å². The van der Waals surface area contributed by atoms with Crippen molar-refractivity contribution in [1.29, 1.82) is 5.26 Å². The van der Waals surface area contributed by atoms with E-state index in [4.69, 9.17) is 4.74 Å². The van der Waals surface area contributed by atoms with Crippen molar-refractivity contribution in [1.82, 2.24) is 19.1 Å². The Bertz CT molecular complexity index is 2290. The molecule has 4 aromatic rings. The molecule has 4 fully saturated rings. The third-order valence-corrected chi connectivity index (χ3v) is 14.0. The molecular weight excluding hydrogens is 675 g/mol. The Morgan fingerprint density at radius 3 is 2.44 bits per heavy atom. The van der Waals surface area contributed by atoms with E-state index in [2.05, 4.69) is 38.3 Å². The summed E-state index contributed by atoms with van der Waals surface area (Å²) in [5.41, 5.74) is 4.98. The maximum absolute atomic E-state index is 15.1. The van der Waals surface area contributed by atoms with Gasteiger partial charge in [0.15, 0.2) is 0 Å². The van der Waals surface area contributed by atoms with E-state index in [0.29, 0.717) is 12.5 Å². The minimum atomic E-state index is -4.32. The van der Waals surface area contributed by atoms with Gasteiger partial charge in [-0.05, 0) is 98.7 Å². The molecular formula is C41H43N5O5S. The van der Waals surface area contributed by atoms with E-state index < -0.39 is 21.3 Å². The highest BCUT2D eigenvalue weighted by molar-refractivity contribution is 7.90. The van der Waals surface area contributed by atoms with Gasteiger partial charge in [0.25, 0.3) is 15.9 Å². The molecule has 52 heavy (non-hydrogen) atoms. The highest BCUT2D eigenvalue weighted by atomic mass is 32.2. The highest BCUT2D eigenvalue weighted by Gasteiger charge is 2.65. The van der Waals surface area contributed by atoms with E-state index in [1.165, 1.54) is 30.2 Å². The summed E-state index contributed by atoms with van der Waals surface area (Å²) in [6, 6.07) is 19.9. The molecule has 5 aliphatic rings. The number of hydrogen-bond acceptors (Lipinski definition) is 7. The number of nitriles is 1. The van der Waals surface area contributed by atoms with E-state index in [1.54, 1.807) is 25.3 Å². The minimum Gasteiger partial charge on any atom is -0.497 e. The predicted octanol–water partition coefficient (Wildman–Crippen LogP) is 6.15. The lowest BCUT2D eigenvalue weighted by Crippen LogP contribution is -2.57. The average Bonchev–Trinajstić information content (AvgIpc) is 3.74. The molecule has 2 amide bonds. The summed E-state index contributed by atoms with van der Waals surface area (Å²) >= 11 is 0. The van der Waals surface area contributed by atoms with Crippen molar-refractivity contribution in [3.8, 4) is 23.1 Å². The van der Waals surface area contributed by atoms with Gasteiger partial charge in [-0.15, -0.1) is 0 Å². The Balaban J connectivity index is 1.20. The lowest BCUT2D eigenvalue weighted by Gasteiger charge is -2.41. The number of aromatic nitrogens is 1. The number of carbonyl (C=O) groups excluding carboxylic acids is 2. The zero-order chi connectivity index (χ0) is 35.9. The quantitative estimate of drug-likeness (QED) is 0.254. The van der Waals surface area contributed by atoms with Gasteiger partial charge in [0.2, 0.25) is 5.91 Å². The molecule has 3 aliphatic heterocycles. The van der Waals surface area contributed by atoms with Crippen LogP contribution in [0.15, 0.2) is 65.6 Å². The molecule has 0 spiro atoms. The normalized spacial score (nSPS) is 25.4. The van der Waals surface area contributed by atoms with Gasteiger partial charge in [-0.25, -0.2) is 13.1 Å². The molecule has 9 rings (SSSR count). The Morgan fingerprint density at radius 2 is 1.71 bits per heavy atom. The second-order valence-electron chi connectivity index (χ2n) is 15.6. The van der Waals surface area contributed by atoms with E-state index in [9.17, 15) is 18.5 Å². The Kier molecular flexibility index (Phi) is 7.79. The molecule has 4 heterocycles. The Labute approximate surface area is 304 Å². The first-order valence-electron chi connectivity index (χ1n) is 18.6. The molecule has 1 N–H and O–H groups in total. The van der Waals surface area contributed by atoms with Crippen LogP contribution in [0.1, 0.15) is 90.3 Å². The third kappa shape index (κ3) is 5.09. The summed E-state index contributed by atoms with van der Waals surface area (Å²) in [7, 11) is -0.497. The van der Waals surface area contributed by atoms with Gasteiger partial charge < -0.3 is 19.1 Å². The first kappa shape index (κ1) is 33.2. The number of sulfonamides is 1. The number of piperazine rings is 1. The second kappa shape index (κ2) is 12.2. The fraction of sp³-hybridized carbons (Fsp3) is 0.439. The van der Waals surface area contributed by atoms with Gasteiger partial charge in [0.1, 0.15) is 16.7 Å². The zero-order valence-corrected chi connectivity index (χ0v) is 30.4. The standard InChI is InChI=1S/C41H43N5O5S/c1-44-22-28-13-14-29(23-44)46(28)40(48)41-20-34(41)33-19-30(51-2)15-17-31(33)38-37(25-8-4-3-5-9-25)32-16-12-26(18-35(32)45(38)24-41)39(47)43-52(49,50)36-11-7-6-10-27(36)21-42/h6-7,10-12,15-19,25,28-29,34H,3-5,8-9,13-14,20,22-24H2,1-2H3,(H,43,47). The molecule has 4 unspecified atom stereocenters. The summed E-state index contributed by atoms with van der Waals surface area (Å²) in [4.78, 5) is 33.2. The molecule has 2 saturated heterocycles. The number of hydrogen-bond donors (Lipinski definition) is 1. The lowest BCUT2D eigenvalue weighted by atomic mass is 9.81. The van der Waals surface area contributed by atoms with Gasteiger partial charge in [-0.2, -0.15) is 5.26 Å². The third-order valence-electron chi connectivity index (χ3n) is 12.6. The van der Waals surface area contributed by atoms with E-state index >= 15 is 4.79 Å². The maximum atomic E-state index is 15.1. The highest BCUT2D eigenvalue weighted by Crippen LogP contribution is 2.66. The largest absolute Gasteiger partial charge is 0.497 e. The van der Waals surface area contributed by atoms with Crippen LogP contribution in [0.5, 0.6) is 5.75 Å². The number of fused-ring (bicyclic) bond motifs is 9. The molecule has 2 bridgehead atoms. The fourth-order valence-electron chi connectivity index (χ4n) is 10.2. The number of ether oxygens (including phenoxy) is 1. The molecule has 10 nitrogen and oxygen atoms in total. The summed E-state index contributed by atoms with van der Waals surface area (Å²) in [6.07, 6.45) is 8.41. The smallest absolute Gasteiger partial charge is 0.265 e. The number of nitrogens with zero attached hydrogens (tertiary/aromatic N) is 4. The lowest BCUT2D eigenvalue weighted by molar-refractivity contribution is -0.143. The topological polar surface area (TPSA) is 125 Å².